The fourth-order valence-electron chi connectivity index (χ4n) is 2.04. The number of ether oxygens (including phenoxy) is 1. The van der Waals surface area contributed by atoms with Crippen LogP contribution in [0.3, 0.4) is 0 Å². The van der Waals surface area contributed by atoms with Crippen LogP contribution in [0.25, 0.3) is 0 Å². The van der Waals surface area contributed by atoms with E-state index in [-0.39, 0.29) is 0 Å². The zero-order valence-corrected chi connectivity index (χ0v) is 10.5. The Labute approximate surface area is 108 Å². The Balaban J connectivity index is 1.99. The maximum atomic E-state index is 10.1. The van der Waals surface area contributed by atoms with Crippen LogP contribution in [0.1, 0.15) is 23.7 Å². The van der Waals surface area contributed by atoms with E-state index in [2.05, 4.69) is 0 Å². The summed E-state index contributed by atoms with van der Waals surface area (Å²) < 4.78 is 5.30. The average Bonchev–Trinajstić information content (AvgIpc) is 2.46. The monoisotopic (exact) mass is 242 g/mol. The molecule has 0 bridgehead atoms. The Morgan fingerprint density at radius 2 is 1.67 bits per heavy atom. The molecule has 0 fully saturated rings. The molecule has 2 aromatic rings. The molecule has 0 aromatic heterocycles. The summed E-state index contributed by atoms with van der Waals surface area (Å²) in [5.41, 5.74) is 2.10. The number of aliphatic hydroxyl groups is 1. The number of para-hydroxylation sites is 1. The van der Waals surface area contributed by atoms with Crippen LogP contribution in [0, 0.1) is 0 Å². The van der Waals surface area contributed by atoms with E-state index >= 15 is 0 Å². The van der Waals surface area contributed by atoms with E-state index in [1.165, 1.54) is 0 Å². The second-order valence-corrected chi connectivity index (χ2v) is 4.28. The second-order valence-electron chi connectivity index (χ2n) is 4.28. The normalized spacial score (nSPS) is 12.1. The molecule has 18 heavy (non-hydrogen) atoms. The molecular formula is C16H18O2. The van der Waals surface area contributed by atoms with Crippen molar-refractivity contribution in [1.82, 2.24) is 0 Å². The van der Waals surface area contributed by atoms with Gasteiger partial charge in [-0.2, -0.15) is 0 Å². The third-order valence-electron chi connectivity index (χ3n) is 3.06. The van der Waals surface area contributed by atoms with Crippen LogP contribution in [-0.4, -0.2) is 12.2 Å². The molecule has 0 saturated heterocycles. The molecule has 0 saturated carbocycles. The van der Waals surface area contributed by atoms with Gasteiger partial charge < -0.3 is 9.84 Å². The van der Waals surface area contributed by atoms with Crippen molar-refractivity contribution < 1.29 is 9.84 Å². The molecule has 1 unspecified atom stereocenters. The average molecular weight is 242 g/mol. The van der Waals surface area contributed by atoms with Crippen LogP contribution in [0.5, 0.6) is 5.75 Å². The van der Waals surface area contributed by atoms with Gasteiger partial charge in [-0.15, -0.1) is 0 Å². The molecule has 0 aliphatic rings. The largest absolute Gasteiger partial charge is 0.496 e. The molecule has 1 atom stereocenters. The van der Waals surface area contributed by atoms with Crippen molar-refractivity contribution in [2.24, 2.45) is 0 Å². The molecule has 0 aliphatic carbocycles. The molecule has 0 aliphatic heterocycles. The lowest BCUT2D eigenvalue weighted by Gasteiger charge is -2.12. The molecule has 0 radical (unpaired) electrons. The standard InChI is InChI=1S/C16H18O2/c1-18-16-10-6-5-9-14(16)11-12-15(17)13-7-3-2-4-8-13/h2-10,15,17H,11-12H2,1H3. The summed E-state index contributed by atoms with van der Waals surface area (Å²) in [5.74, 6) is 0.887. The van der Waals surface area contributed by atoms with E-state index in [1.54, 1.807) is 7.11 Å². The van der Waals surface area contributed by atoms with E-state index in [1.807, 2.05) is 54.6 Å². The quantitative estimate of drug-likeness (QED) is 0.871. The minimum Gasteiger partial charge on any atom is -0.496 e. The van der Waals surface area contributed by atoms with Crippen molar-refractivity contribution in [3.05, 3.63) is 65.7 Å². The number of benzene rings is 2. The van der Waals surface area contributed by atoms with Gasteiger partial charge in [0.15, 0.2) is 0 Å². The third kappa shape index (κ3) is 3.11. The van der Waals surface area contributed by atoms with Gasteiger partial charge in [0, 0.05) is 0 Å². The predicted molar refractivity (Wildman–Crippen MR) is 72.7 cm³/mol. The van der Waals surface area contributed by atoms with Crippen LogP contribution >= 0.6 is 0 Å². The molecular weight excluding hydrogens is 224 g/mol. The topological polar surface area (TPSA) is 29.5 Å². The highest BCUT2D eigenvalue weighted by Crippen LogP contribution is 2.23. The van der Waals surface area contributed by atoms with Gasteiger partial charge in [-0.1, -0.05) is 48.5 Å². The second kappa shape index (κ2) is 6.22. The number of methoxy groups -OCH3 is 1. The first-order chi connectivity index (χ1) is 8.81. The van der Waals surface area contributed by atoms with Crippen molar-refractivity contribution in [1.29, 1.82) is 0 Å². The zero-order chi connectivity index (χ0) is 12.8. The highest BCUT2D eigenvalue weighted by Gasteiger charge is 2.09. The minimum absolute atomic E-state index is 0.420. The first kappa shape index (κ1) is 12.7. The van der Waals surface area contributed by atoms with Crippen LogP contribution in [0.2, 0.25) is 0 Å². The fourth-order valence-corrected chi connectivity index (χ4v) is 2.04. The van der Waals surface area contributed by atoms with Crippen LogP contribution < -0.4 is 4.74 Å². The van der Waals surface area contributed by atoms with Gasteiger partial charge in [0.25, 0.3) is 0 Å². The summed E-state index contributed by atoms with van der Waals surface area (Å²) in [5, 5.41) is 10.1. The highest BCUT2D eigenvalue weighted by molar-refractivity contribution is 5.33. The van der Waals surface area contributed by atoms with Crippen molar-refractivity contribution in [2.45, 2.75) is 18.9 Å². The summed E-state index contributed by atoms with van der Waals surface area (Å²) in [4.78, 5) is 0. The van der Waals surface area contributed by atoms with Gasteiger partial charge in [-0.05, 0) is 30.0 Å². The van der Waals surface area contributed by atoms with E-state index in [0.29, 0.717) is 6.42 Å². The lowest BCUT2D eigenvalue weighted by Crippen LogP contribution is -2.00. The van der Waals surface area contributed by atoms with Crippen molar-refractivity contribution in [3.8, 4) is 5.75 Å². The van der Waals surface area contributed by atoms with Crippen molar-refractivity contribution >= 4 is 0 Å². The SMILES string of the molecule is COc1ccccc1CCC(O)c1ccccc1. The Morgan fingerprint density at radius 1 is 1.00 bits per heavy atom. The summed E-state index contributed by atoms with van der Waals surface area (Å²) in [6, 6.07) is 17.7. The molecule has 0 heterocycles. The molecule has 2 aromatic carbocycles. The smallest absolute Gasteiger partial charge is 0.122 e. The summed E-state index contributed by atoms with van der Waals surface area (Å²) >= 11 is 0. The molecule has 0 amide bonds. The molecule has 2 rings (SSSR count). The molecule has 1 N–H and O–H groups in total. The van der Waals surface area contributed by atoms with Gasteiger partial charge in [0.05, 0.1) is 13.2 Å². The Hall–Kier alpha value is -1.80. The van der Waals surface area contributed by atoms with E-state index < -0.39 is 6.10 Å². The minimum atomic E-state index is -0.420. The van der Waals surface area contributed by atoms with Gasteiger partial charge >= 0.3 is 0 Å². The first-order valence-corrected chi connectivity index (χ1v) is 6.16. The Bertz CT molecular complexity index is 479. The summed E-state index contributed by atoms with van der Waals surface area (Å²) in [6.45, 7) is 0. The summed E-state index contributed by atoms with van der Waals surface area (Å²) in [7, 11) is 1.67. The Morgan fingerprint density at radius 3 is 2.39 bits per heavy atom. The maximum absolute atomic E-state index is 10.1. The lowest BCUT2D eigenvalue weighted by molar-refractivity contribution is 0.167. The van der Waals surface area contributed by atoms with Crippen LogP contribution in [0.15, 0.2) is 54.6 Å². The van der Waals surface area contributed by atoms with Gasteiger partial charge in [0.2, 0.25) is 0 Å². The van der Waals surface area contributed by atoms with Gasteiger partial charge in [0.1, 0.15) is 5.75 Å². The van der Waals surface area contributed by atoms with Crippen molar-refractivity contribution in [2.75, 3.05) is 7.11 Å². The number of hydrogen-bond donors (Lipinski definition) is 1. The lowest BCUT2D eigenvalue weighted by atomic mass is 10.0. The van der Waals surface area contributed by atoms with Gasteiger partial charge in [-0.3, -0.25) is 0 Å². The third-order valence-corrected chi connectivity index (χ3v) is 3.06. The molecule has 2 nitrogen and oxygen atoms in total. The fraction of sp³-hybridized carbons (Fsp3) is 0.250. The molecule has 0 spiro atoms. The van der Waals surface area contributed by atoms with E-state index in [0.717, 1.165) is 23.3 Å². The van der Waals surface area contributed by atoms with Crippen LogP contribution in [-0.2, 0) is 6.42 Å². The molecule has 2 heteroatoms. The predicted octanol–water partition coefficient (Wildman–Crippen LogP) is 3.36. The van der Waals surface area contributed by atoms with Crippen molar-refractivity contribution in [3.63, 3.8) is 0 Å². The number of aliphatic hydroxyl groups excluding tert-OH is 1. The highest BCUT2D eigenvalue weighted by atomic mass is 16.5. The Kier molecular flexibility index (Phi) is 4.37. The van der Waals surface area contributed by atoms with Crippen LogP contribution in [0.4, 0.5) is 0 Å². The first-order valence-electron chi connectivity index (χ1n) is 6.16. The number of rotatable bonds is 5. The maximum Gasteiger partial charge on any atom is 0.122 e. The van der Waals surface area contributed by atoms with E-state index in [9.17, 15) is 5.11 Å². The number of hydrogen-bond acceptors (Lipinski definition) is 2. The zero-order valence-electron chi connectivity index (χ0n) is 10.5. The van der Waals surface area contributed by atoms with Gasteiger partial charge in [-0.25, -0.2) is 0 Å². The summed E-state index contributed by atoms with van der Waals surface area (Å²) in [6.07, 6.45) is 1.08. The number of aryl methyl sites for hydroxylation is 1. The molecule has 94 valence electrons. The van der Waals surface area contributed by atoms with E-state index in [4.69, 9.17) is 4.74 Å².